The first-order valence-corrected chi connectivity index (χ1v) is 8.10. The van der Waals surface area contributed by atoms with E-state index in [9.17, 15) is 4.79 Å². The molecule has 1 saturated carbocycles. The highest BCUT2D eigenvalue weighted by Gasteiger charge is 2.30. The summed E-state index contributed by atoms with van der Waals surface area (Å²) in [6.45, 7) is 7.53. The molecule has 0 heterocycles. The van der Waals surface area contributed by atoms with E-state index >= 15 is 0 Å². The molecule has 0 aromatic heterocycles. The van der Waals surface area contributed by atoms with Gasteiger partial charge >= 0.3 is 6.09 Å². The molecule has 4 heteroatoms. The fraction of sp³-hybridized carbons (Fsp3) is 0.611. The number of hydrogen-bond donors (Lipinski definition) is 2. The highest BCUT2D eigenvalue weighted by atomic mass is 16.6. The predicted octanol–water partition coefficient (Wildman–Crippen LogP) is 4.46. The molecular weight excluding hydrogens is 276 g/mol. The first-order valence-electron chi connectivity index (χ1n) is 8.10. The molecule has 0 atom stereocenters. The van der Waals surface area contributed by atoms with E-state index in [1.165, 1.54) is 19.3 Å². The van der Waals surface area contributed by atoms with Crippen LogP contribution in [0.25, 0.3) is 0 Å². The topological polar surface area (TPSA) is 64.3 Å². The molecule has 1 amide bonds. The molecular formula is C18H28N2O2. The van der Waals surface area contributed by atoms with Crippen molar-refractivity contribution in [1.82, 2.24) is 0 Å². The quantitative estimate of drug-likeness (QED) is 0.847. The Kier molecular flexibility index (Phi) is 4.81. The minimum absolute atomic E-state index is 0.268. The van der Waals surface area contributed by atoms with Crippen LogP contribution in [-0.4, -0.2) is 11.7 Å². The highest BCUT2D eigenvalue weighted by Crippen LogP contribution is 2.36. The second-order valence-electron chi connectivity index (χ2n) is 7.37. The monoisotopic (exact) mass is 304 g/mol. The van der Waals surface area contributed by atoms with Gasteiger partial charge in [-0.2, -0.15) is 0 Å². The van der Waals surface area contributed by atoms with Gasteiger partial charge in [0.05, 0.1) is 0 Å². The summed E-state index contributed by atoms with van der Waals surface area (Å²) in [6, 6.07) is 6.11. The van der Waals surface area contributed by atoms with Crippen LogP contribution >= 0.6 is 0 Å². The SMILES string of the molecule is Cc1ccc(C2(N)CCCCC2)cc1NC(=O)OC(C)(C)C. The zero-order valence-corrected chi connectivity index (χ0v) is 14.2. The Morgan fingerprint density at radius 1 is 1.23 bits per heavy atom. The van der Waals surface area contributed by atoms with Crippen LogP contribution in [0.1, 0.15) is 64.0 Å². The van der Waals surface area contributed by atoms with Crippen molar-refractivity contribution in [3.05, 3.63) is 29.3 Å². The minimum atomic E-state index is -0.506. The van der Waals surface area contributed by atoms with Gasteiger partial charge in [0.2, 0.25) is 0 Å². The maximum Gasteiger partial charge on any atom is 0.412 e. The Morgan fingerprint density at radius 3 is 2.45 bits per heavy atom. The normalized spacial score (nSPS) is 17.9. The summed E-state index contributed by atoms with van der Waals surface area (Å²) in [6.07, 6.45) is 5.17. The minimum Gasteiger partial charge on any atom is -0.444 e. The highest BCUT2D eigenvalue weighted by molar-refractivity contribution is 5.86. The molecule has 0 unspecified atom stereocenters. The van der Waals surface area contributed by atoms with Crippen molar-refractivity contribution in [1.29, 1.82) is 0 Å². The van der Waals surface area contributed by atoms with Crippen LogP contribution < -0.4 is 11.1 Å². The average molecular weight is 304 g/mol. The molecule has 1 aliphatic rings. The van der Waals surface area contributed by atoms with E-state index in [1.54, 1.807) is 0 Å². The number of anilines is 1. The molecule has 1 aromatic rings. The molecule has 0 radical (unpaired) electrons. The molecule has 3 N–H and O–H groups in total. The van der Waals surface area contributed by atoms with Gasteiger partial charge in [-0.15, -0.1) is 0 Å². The van der Waals surface area contributed by atoms with Crippen molar-refractivity contribution < 1.29 is 9.53 Å². The third-order valence-corrected chi connectivity index (χ3v) is 4.19. The summed E-state index contributed by atoms with van der Waals surface area (Å²) in [4.78, 5) is 12.0. The Hall–Kier alpha value is -1.55. The van der Waals surface area contributed by atoms with Crippen LogP contribution in [-0.2, 0) is 10.3 Å². The third kappa shape index (κ3) is 4.23. The van der Waals surface area contributed by atoms with E-state index in [2.05, 4.69) is 11.4 Å². The molecule has 1 aromatic carbocycles. The standard InChI is InChI=1S/C18H28N2O2/c1-13-8-9-14(18(19)10-6-5-7-11-18)12-15(13)20-16(21)22-17(2,3)4/h8-9,12H,5-7,10-11,19H2,1-4H3,(H,20,21). The molecule has 122 valence electrons. The Balaban J connectivity index is 2.18. The van der Waals surface area contributed by atoms with Crippen molar-refractivity contribution in [3.8, 4) is 0 Å². The van der Waals surface area contributed by atoms with Gasteiger partial charge in [0, 0.05) is 11.2 Å². The van der Waals surface area contributed by atoms with Gasteiger partial charge in [0.15, 0.2) is 0 Å². The average Bonchev–Trinajstić information content (AvgIpc) is 2.40. The molecule has 0 spiro atoms. The lowest BCUT2D eigenvalue weighted by Gasteiger charge is -2.34. The number of amides is 1. The fourth-order valence-electron chi connectivity index (χ4n) is 2.95. The van der Waals surface area contributed by atoms with Crippen molar-refractivity contribution in [2.45, 2.75) is 70.9 Å². The number of hydrogen-bond acceptors (Lipinski definition) is 3. The largest absolute Gasteiger partial charge is 0.444 e. The maximum atomic E-state index is 12.0. The van der Waals surface area contributed by atoms with Gasteiger partial charge in [-0.3, -0.25) is 5.32 Å². The van der Waals surface area contributed by atoms with Crippen molar-refractivity contribution in [3.63, 3.8) is 0 Å². The summed E-state index contributed by atoms with van der Waals surface area (Å²) in [5.74, 6) is 0. The third-order valence-electron chi connectivity index (χ3n) is 4.19. The van der Waals surface area contributed by atoms with Gasteiger partial charge in [-0.25, -0.2) is 4.79 Å². The number of ether oxygens (including phenoxy) is 1. The van der Waals surface area contributed by atoms with Crippen molar-refractivity contribution in [2.75, 3.05) is 5.32 Å². The van der Waals surface area contributed by atoms with E-state index in [-0.39, 0.29) is 5.54 Å². The summed E-state index contributed by atoms with van der Waals surface area (Å²) in [5, 5.41) is 2.85. The first-order chi connectivity index (χ1) is 10.2. The number of carbonyl (C=O) groups excluding carboxylic acids is 1. The van der Waals surface area contributed by atoms with Gasteiger partial charge in [-0.05, 0) is 57.7 Å². The molecule has 4 nitrogen and oxygen atoms in total. The zero-order valence-electron chi connectivity index (χ0n) is 14.2. The van der Waals surface area contributed by atoms with Gasteiger partial charge in [0.1, 0.15) is 5.60 Å². The van der Waals surface area contributed by atoms with Crippen LogP contribution in [0.5, 0.6) is 0 Å². The summed E-state index contributed by atoms with van der Waals surface area (Å²) < 4.78 is 5.33. The number of nitrogens with one attached hydrogen (secondary N) is 1. The van der Waals surface area contributed by atoms with Crippen LogP contribution in [0.4, 0.5) is 10.5 Å². The zero-order chi connectivity index (χ0) is 16.4. The lowest BCUT2D eigenvalue weighted by Crippen LogP contribution is -2.38. The lowest BCUT2D eigenvalue weighted by atomic mass is 9.77. The van der Waals surface area contributed by atoms with Crippen LogP contribution in [0.15, 0.2) is 18.2 Å². The van der Waals surface area contributed by atoms with Crippen molar-refractivity contribution >= 4 is 11.8 Å². The smallest absolute Gasteiger partial charge is 0.412 e. The van der Waals surface area contributed by atoms with Gasteiger partial charge in [-0.1, -0.05) is 31.4 Å². The summed E-state index contributed by atoms with van der Waals surface area (Å²) in [5.41, 5.74) is 8.70. The Bertz CT molecular complexity index is 541. The summed E-state index contributed by atoms with van der Waals surface area (Å²) >= 11 is 0. The molecule has 1 fully saturated rings. The lowest BCUT2D eigenvalue weighted by molar-refractivity contribution is 0.0636. The molecule has 0 bridgehead atoms. The Labute approximate surface area is 133 Å². The van der Waals surface area contributed by atoms with E-state index in [0.717, 1.165) is 29.7 Å². The Morgan fingerprint density at radius 2 is 1.86 bits per heavy atom. The van der Waals surface area contributed by atoms with E-state index < -0.39 is 11.7 Å². The fourth-order valence-corrected chi connectivity index (χ4v) is 2.95. The van der Waals surface area contributed by atoms with Crippen LogP contribution in [0, 0.1) is 6.92 Å². The molecule has 1 aliphatic carbocycles. The van der Waals surface area contributed by atoms with Crippen LogP contribution in [0.2, 0.25) is 0 Å². The first kappa shape index (κ1) is 16.8. The molecule has 0 saturated heterocycles. The molecule has 2 rings (SSSR count). The number of aryl methyl sites for hydroxylation is 1. The van der Waals surface area contributed by atoms with Crippen molar-refractivity contribution in [2.24, 2.45) is 5.73 Å². The van der Waals surface area contributed by atoms with E-state index in [4.69, 9.17) is 10.5 Å². The number of carbonyl (C=O) groups is 1. The molecule has 22 heavy (non-hydrogen) atoms. The number of nitrogens with two attached hydrogens (primary N) is 1. The number of benzene rings is 1. The van der Waals surface area contributed by atoms with E-state index in [0.29, 0.717) is 0 Å². The second kappa shape index (κ2) is 6.29. The second-order valence-corrected chi connectivity index (χ2v) is 7.37. The summed E-state index contributed by atoms with van der Waals surface area (Å²) in [7, 11) is 0. The van der Waals surface area contributed by atoms with E-state index in [1.807, 2.05) is 39.8 Å². The number of rotatable bonds is 2. The molecule has 0 aliphatic heterocycles. The van der Waals surface area contributed by atoms with Gasteiger partial charge < -0.3 is 10.5 Å². The van der Waals surface area contributed by atoms with Crippen LogP contribution in [0.3, 0.4) is 0 Å². The predicted molar refractivity (Wildman–Crippen MR) is 90.0 cm³/mol. The maximum absolute atomic E-state index is 12.0. The van der Waals surface area contributed by atoms with Gasteiger partial charge in [0.25, 0.3) is 0 Å².